The van der Waals surface area contributed by atoms with Crippen molar-refractivity contribution >= 4 is 15.9 Å². The van der Waals surface area contributed by atoms with Crippen LogP contribution in [0.5, 0.6) is 5.75 Å². The Morgan fingerprint density at radius 3 is 2.52 bits per heavy atom. The molecule has 0 bridgehead atoms. The number of sulfonamides is 1. The number of carbonyl (C=O) groups excluding carboxylic acids is 1. The molecule has 0 aliphatic carbocycles. The molecule has 144 valence electrons. The number of nitrogens with zero attached hydrogens (tertiary/aromatic N) is 2. The number of hydrogen-bond acceptors (Lipinski definition) is 5. The molecule has 7 nitrogen and oxygen atoms in total. The fourth-order valence-corrected chi connectivity index (χ4v) is 4.56. The Kier molecular flexibility index (Phi) is 6.08. The second-order valence-electron chi connectivity index (χ2n) is 6.43. The lowest BCUT2D eigenvalue weighted by atomic mass is 9.97. The van der Waals surface area contributed by atoms with E-state index in [1.54, 1.807) is 36.7 Å². The maximum Gasteiger partial charge on any atom is 0.243 e. The Hall–Kier alpha value is -2.45. The van der Waals surface area contributed by atoms with Crippen molar-refractivity contribution in [2.24, 2.45) is 5.92 Å². The monoisotopic (exact) mass is 389 g/mol. The number of pyridine rings is 1. The van der Waals surface area contributed by atoms with Gasteiger partial charge in [-0.05, 0) is 48.7 Å². The summed E-state index contributed by atoms with van der Waals surface area (Å²) in [5, 5.41) is 2.91. The van der Waals surface area contributed by atoms with Gasteiger partial charge in [0.15, 0.2) is 0 Å². The number of methoxy groups -OCH3 is 1. The van der Waals surface area contributed by atoms with Gasteiger partial charge in [-0.2, -0.15) is 4.31 Å². The summed E-state index contributed by atoms with van der Waals surface area (Å²) in [7, 11) is -2.02. The van der Waals surface area contributed by atoms with Crippen LogP contribution in [0.3, 0.4) is 0 Å². The molecule has 0 radical (unpaired) electrons. The number of hydrogen-bond donors (Lipinski definition) is 1. The van der Waals surface area contributed by atoms with E-state index in [1.165, 1.54) is 11.4 Å². The van der Waals surface area contributed by atoms with E-state index in [9.17, 15) is 13.2 Å². The Labute approximate surface area is 159 Å². The summed E-state index contributed by atoms with van der Waals surface area (Å²) in [6, 6.07) is 10.1. The molecule has 0 spiro atoms. The lowest BCUT2D eigenvalue weighted by Gasteiger charge is -2.30. The van der Waals surface area contributed by atoms with Crippen molar-refractivity contribution in [1.82, 2.24) is 14.6 Å². The van der Waals surface area contributed by atoms with Crippen molar-refractivity contribution in [1.29, 1.82) is 0 Å². The first-order valence-electron chi connectivity index (χ1n) is 8.81. The number of ether oxygens (including phenoxy) is 1. The van der Waals surface area contributed by atoms with Gasteiger partial charge in [-0.15, -0.1) is 0 Å². The minimum Gasteiger partial charge on any atom is -0.497 e. The maximum absolute atomic E-state index is 12.8. The summed E-state index contributed by atoms with van der Waals surface area (Å²) in [6.07, 6.45) is 4.41. The molecule has 0 unspecified atom stereocenters. The van der Waals surface area contributed by atoms with E-state index in [-0.39, 0.29) is 16.7 Å². The zero-order valence-electron chi connectivity index (χ0n) is 15.2. The molecule has 8 heteroatoms. The molecule has 1 aliphatic heterocycles. The number of rotatable bonds is 6. The number of amides is 1. The molecule has 3 rings (SSSR count). The zero-order chi connectivity index (χ0) is 19.3. The molecule has 1 amide bonds. The van der Waals surface area contributed by atoms with Crippen molar-refractivity contribution in [2.45, 2.75) is 24.3 Å². The summed E-state index contributed by atoms with van der Waals surface area (Å²) >= 11 is 0. The number of nitrogens with one attached hydrogen (secondary N) is 1. The average molecular weight is 389 g/mol. The van der Waals surface area contributed by atoms with E-state index in [0.29, 0.717) is 38.2 Å². The number of piperidine rings is 1. The van der Waals surface area contributed by atoms with E-state index >= 15 is 0 Å². The first-order valence-corrected chi connectivity index (χ1v) is 10.3. The van der Waals surface area contributed by atoms with E-state index in [1.807, 2.05) is 12.1 Å². The largest absolute Gasteiger partial charge is 0.497 e. The molecule has 2 aromatic rings. The van der Waals surface area contributed by atoms with Crippen molar-refractivity contribution in [2.75, 3.05) is 20.2 Å². The van der Waals surface area contributed by atoms with Gasteiger partial charge in [-0.1, -0.05) is 6.07 Å². The molecule has 1 saturated heterocycles. The van der Waals surface area contributed by atoms with Gasteiger partial charge in [0.1, 0.15) is 5.75 Å². The fourth-order valence-electron chi connectivity index (χ4n) is 3.09. The molecule has 0 saturated carbocycles. The summed E-state index contributed by atoms with van der Waals surface area (Å²) in [6.45, 7) is 1.09. The van der Waals surface area contributed by atoms with Crippen LogP contribution in [0.15, 0.2) is 53.7 Å². The van der Waals surface area contributed by atoms with Crippen LogP contribution in [0.1, 0.15) is 18.4 Å². The topological polar surface area (TPSA) is 88.6 Å². The van der Waals surface area contributed by atoms with Gasteiger partial charge in [0.2, 0.25) is 15.9 Å². The van der Waals surface area contributed by atoms with Crippen LogP contribution in [-0.4, -0.2) is 43.8 Å². The molecule has 1 aliphatic rings. The summed E-state index contributed by atoms with van der Waals surface area (Å²) in [5.41, 5.74) is 0.936. The van der Waals surface area contributed by atoms with Crippen molar-refractivity contribution < 1.29 is 17.9 Å². The lowest BCUT2D eigenvalue weighted by molar-refractivity contribution is -0.126. The molecule has 2 heterocycles. The smallest absolute Gasteiger partial charge is 0.243 e. The van der Waals surface area contributed by atoms with Gasteiger partial charge in [-0.3, -0.25) is 9.78 Å². The number of aromatic nitrogens is 1. The minimum atomic E-state index is -3.55. The van der Waals surface area contributed by atoms with Gasteiger partial charge in [-0.25, -0.2) is 8.42 Å². The number of benzene rings is 1. The predicted molar refractivity (Wildman–Crippen MR) is 101 cm³/mol. The van der Waals surface area contributed by atoms with Crippen molar-refractivity contribution in [3.63, 3.8) is 0 Å². The summed E-state index contributed by atoms with van der Waals surface area (Å²) < 4.78 is 32.0. The van der Waals surface area contributed by atoms with Gasteiger partial charge >= 0.3 is 0 Å². The van der Waals surface area contributed by atoms with Crippen LogP contribution in [0, 0.1) is 5.92 Å². The summed E-state index contributed by atoms with van der Waals surface area (Å²) in [5.74, 6) is 0.391. The van der Waals surface area contributed by atoms with Crippen LogP contribution in [0.25, 0.3) is 0 Å². The molecular formula is C19H23N3O4S. The van der Waals surface area contributed by atoms with Gasteiger partial charge in [0.25, 0.3) is 0 Å². The third-order valence-electron chi connectivity index (χ3n) is 4.71. The van der Waals surface area contributed by atoms with E-state index in [2.05, 4.69) is 10.3 Å². The lowest BCUT2D eigenvalue weighted by Crippen LogP contribution is -2.42. The predicted octanol–water partition coefficient (Wildman–Crippen LogP) is 1.81. The minimum absolute atomic E-state index is 0.0413. The van der Waals surface area contributed by atoms with Gasteiger partial charge in [0, 0.05) is 37.9 Å². The Bertz CT molecular complexity index is 862. The Balaban J connectivity index is 1.55. The fraction of sp³-hybridized carbons (Fsp3) is 0.368. The van der Waals surface area contributed by atoms with Crippen LogP contribution >= 0.6 is 0 Å². The number of carbonyl (C=O) groups is 1. The highest BCUT2D eigenvalue weighted by atomic mass is 32.2. The molecule has 1 fully saturated rings. The highest BCUT2D eigenvalue weighted by molar-refractivity contribution is 7.89. The van der Waals surface area contributed by atoms with E-state index in [4.69, 9.17) is 4.74 Å². The Morgan fingerprint density at radius 2 is 1.93 bits per heavy atom. The standard InChI is InChI=1S/C19H23N3O4S/c1-26-17-4-6-18(7-5-17)27(24,25)22-11-8-16(9-12-22)19(23)21-14-15-3-2-10-20-13-15/h2-7,10,13,16H,8-9,11-12,14H2,1H3,(H,21,23). The average Bonchev–Trinajstić information content (AvgIpc) is 2.73. The molecule has 1 aromatic carbocycles. The molecular weight excluding hydrogens is 366 g/mol. The second kappa shape index (κ2) is 8.49. The highest BCUT2D eigenvalue weighted by Gasteiger charge is 2.32. The highest BCUT2D eigenvalue weighted by Crippen LogP contribution is 2.25. The normalized spacial score (nSPS) is 16.0. The van der Waals surface area contributed by atoms with Crippen molar-refractivity contribution in [3.8, 4) is 5.75 Å². The third kappa shape index (κ3) is 4.64. The molecule has 27 heavy (non-hydrogen) atoms. The molecule has 1 aromatic heterocycles. The Morgan fingerprint density at radius 1 is 1.22 bits per heavy atom. The zero-order valence-corrected chi connectivity index (χ0v) is 16.0. The van der Waals surface area contributed by atoms with Gasteiger partial charge in [0.05, 0.1) is 12.0 Å². The molecule has 0 atom stereocenters. The quantitative estimate of drug-likeness (QED) is 0.814. The van der Waals surface area contributed by atoms with Crippen LogP contribution in [0.2, 0.25) is 0 Å². The first-order chi connectivity index (χ1) is 13.0. The van der Waals surface area contributed by atoms with Crippen LogP contribution in [-0.2, 0) is 21.4 Å². The van der Waals surface area contributed by atoms with Crippen LogP contribution in [0.4, 0.5) is 0 Å². The van der Waals surface area contributed by atoms with E-state index in [0.717, 1.165) is 5.56 Å². The maximum atomic E-state index is 12.8. The SMILES string of the molecule is COc1ccc(S(=O)(=O)N2CCC(C(=O)NCc3cccnc3)CC2)cc1. The van der Waals surface area contributed by atoms with Gasteiger partial charge < -0.3 is 10.1 Å². The van der Waals surface area contributed by atoms with Crippen LogP contribution < -0.4 is 10.1 Å². The first kappa shape index (κ1) is 19.3. The third-order valence-corrected chi connectivity index (χ3v) is 6.62. The second-order valence-corrected chi connectivity index (χ2v) is 8.37. The molecule has 1 N–H and O–H groups in total. The van der Waals surface area contributed by atoms with E-state index < -0.39 is 10.0 Å². The summed E-state index contributed by atoms with van der Waals surface area (Å²) in [4.78, 5) is 16.6. The van der Waals surface area contributed by atoms with Crippen molar-refractivity contribution in [3.05, 3.63) is 54.4 Å².